The highest BCUT2D eigenvalue weighted by Gasteiger charge is 2.16. The summed E-state index contributed by atoms with van der Waals surface area (Å²) in [5, 5.41) is 2.96. The maximum absolute atomic E-state index is 11.7. The quantitative estimate of drug-likeness (QED) is 0.860. The van der Waals surface area contributed by atoms with Crippen LogP contribution in [-0.2, 0) is 16.0 Å². The zero-order valence-electron chi connectivity index (χ0n) is 10.6. The minimum absolute atomic E-state index is 0.151. The third-order valence-electron chi connectivity index (χ3n) is 3.24. The molecule has 2 heterocycles. The molecule has 1 aliphatic rings. The Morgan fingerprint density at radius 3 is 2.94 bits per heavy atom. The molecule has 0 radical (unpaired) electrons. The van der Waals surface area contributed by atoms with E-state index in [2.05, 4.69) is 10.3 Å². The van der Waals surface area contributed by atoms with Crippen LogP contribution in [0.25, 0.3) is 0 Å². The first-order valence-corrected chi connectivity index (χ1v) is 6.59. The Hall–Kier alpha value is -1.42. The van der Waals surface area contributed by atoms with Crippen molar-refractivity contribution in [2.45, 2.75) is 25.7 Å². The van der Waals surface area contributed by atoms with Crippen LogP contribution in [0.15, 0.2) is 24.4 Å². The summed E-state index contributed by atoms with van der Waals surface area (Å²) in [6.07, 6.45) is 5.21. The molecule has 1 saturated heterocycles. The Kier molecular flexibility index (Phi) is 5.15. The Balaban J connectivity index is 1.62. The van der Waals surface area contributed by atoms with Gasteiger partial charge in [0, 0.05) is 44.5 Å². The van der Waals surface area contributed by atoms with Gasteiger partial charge in [-0.1, -0.05) is 6.07 Å². The van der Waals surface area contributed by atoms with Crippen molar-refractivity contribution in [1.29, 1.82) is 0 Å². The van der Waals surface area contributed by atoms with E-state index in [9.17, 15) is 4.79 Å². The van der Waals surface area contributed by atoms with Crippen LogP contribution in [0, 0.1) is 5.92 Å². The number of aromatic nitrogens is 1. The van der Waals surface area contributed by atoms with Gasteiger partial charge in [-0.05, 0) is 30.9 Å². The number of rotatable bonds is 5. The molecule has 1 fully saturated rings. The fraction of sp³-hybridized carbons (Fsp3) is 0.571. The lowest BCUT2D eigenvalue weighted by Crippen LogP contribution is -2.29. The lowest BCUT2D eigenvalue weighted by molar-refractivity contribution is -0.122. The Labute approximate surface area is 108 Å². The van der Waals surface area contributed by atoms with Crippen LogP contribution in [-0.4, -0.2) is 30.6 Å². The van der Waals surface area contributed by atoms with Crippen LogP contribution in [0.3, 0.4) is 0 Å². The molecule has 4 nitrogen and oxygen atoms in total. The fourth-order valence-corrected chi connectivity index (χ4v) is 2.16. The predicted molar refractivity (Wildman–Crippen MR) is 69.1 cm³/mol. The number of pyridine rings is 1. The van der Waals surface area contributed by atoms with Gasteiger partial charge in [-0.25, -0.2) is 0 Å². The lowest BCUT2D eigenvalue weighted by atomic mass is 9.96. The molecule has 2 rings (SSSR count). The van der Waals surface area contributed by atoms with Crippen molar-refractivity contribution in [3.05, 3.63) is 30.1 Å². The number of ether oxygens (including phenoxy) is 1. The fourth-order valence-electron chi connectivity index (χ4n) is 2.16. The Morgan fingerprint density at radius 1 is 1.39 bits per heavy atom. The van der Waals surface area contributed by atoms with E-state index in [1.54, 1.807) is 6.20 Å². The molecule has 0 bridgehead atoms. The molecular formula is C14H20N2O2. The first-order valence-electron chi connectivity index (χ1n) is 6.59. The van der Waals surface area contributed by atoms with Crippen LogP contribution in [0.1, 0.15) is 25.0 Å². The third kappa shape index (κ3) is 4.45. The van der Waals surface area contributed by atoms with Crippen molar-refractivity contribution in [1.82, 2.24) is 10.3 Å². The second-order valence-electron chi connectivity index (χ2n) is 4.68. The van der Waals surface area contributed by atoms with Gasteiger partial charge in [-0.2, -0.15) is 0 Å². The molecular weight excluding hydrogens is 228 g/mol. The molecule has 0 spiro atoms. The lowest BCUT2D eigenvalue weighted by Gasteiger charge is -2.21. The monoisotopic (exact) mass is 248 g/mol. The maximum atomic E-state index is 11.7. The van der Waals surface area contributed by atoms with Crippen molar-refractivity contribution in [2.24, 2.45) is 5.92 Å². The van der Waals surface area contributed by atoms with E-state index >= 15 is 0 Å². The molecule has 1 amide bonds. The highest BCUT2D eigenvalue weighted by atomic mass is 16.5. The van der Waals surface area contributed by atoms with Gasteiger partial charge in [0.25, 0.3) is 0 Å². The van der Waals surface area contributed by atoms with Crippen molar-refractivity contribution in [3.63, 3.8) is 0 Å². The normalized spacial score (nSPS) is 16.4. The molecule has 1 aromatic heterocycles. The predicted octanol–water partition coefficient (Wildman–Crippen LogP) is 1.56. The molecule has 0 aliphatic carbocycles. The maximum Gasteiger partial charge on any atom is 0.220 e. The average molecular weight is 248 g/mol. The number of carbonyl (C=O) groups is 1. The van der Waals surface area contributed by atoms with Crippen LogP contribution in [0.2, 0.25) is 0 Å². The number of hydrogen-bond acceptors (Lipinski definition) is 3. The van der Waals surface area contributed by atoms with Gasteiger partial charge < -0.3 is 10.1 Å². The number of amides is 1. The smallest absolute Gasteiger partial charge is 0.220 e. The molecule has 1 aromatic rings. The molecule has 0 atom stereocenters. The Morgan fingerprint density at radius 2 is 2.22 bits per heavy atom. The number of nitrogens with zero attached hydrogens (tertiary/aromatic N) is 1. The highest BCUT2D eigenvalue weighted by Crippen LogP contribution is 2.17. The minimum atomic E-state index is 0.151. The van der Waals surface area contributed by atoms with E-state index in [4.69, 9.17) is 4.74 Å². The van der Waals surface area contributed by atoms with E-state index in [-0.39, 0.29) is 5.91 Å². The van der Waals surface area contributed by atoms with Gasteiger partial charge >= 0.3 is 0 Å². The first kappa shape index (κ1) is 13.0. The van der Waals surface area contributed by atoms with Gasteiger partial charge in [0.2, 0.25) is 5.91 Å². The molecule has 4 heteroatoms. The van der Waals surface area contributed by atoms with E-state index < -0.39 is 0 Å². The van der Waals surface area contributed by atoms with Crippen LogP contribution < -0.4 is 5.32 Å². The topological polar surface area (TPSA) is 51.2 Å². The van der Waals surface area contributed by atoms with Gasteiger partial charge in [-0.3, -0.25) is 9.78 Å². The molecule has 1 N–H and O–H groups in total. The number of hydrogen-bond donors (Lipinski definition) is 1. The van der Waals surface area contributed by atoms with Crippen molar-refractivity contribution in [2.75, 3.05) is 19.8 Å². The molecule has 98 valence electrons. The summed E-state index contributed by atoms with van der Waals surface area (Å²) in [4.78, 5) is 16.0. The Bertz CT molecular complexity index is 361. The summed E-state index contributed by atoms with van der Waals surface area (Å²) < 4.78 is 5.28. The van der Waals surface area contributed by atoms with E-state index in [1.807, 2.05) is 18.2 Å². The summed E-state index contributed by atoms with van der Waals surface area (Å²) in [6.45, 7) is 2.26. The largest absolute Gasteiger partial charge is 0.381 e. The standard InChI is InChI=1S/C14H20N2O2/c17-14(11-12-5-9-18-10-6-12)16-8-4-13-3-1-2-7-15-13/h1-3,7,12H,4-6,8-11H2,(H,16,17). The summed E-state index contributed by atoms with van der Waals surface area (Å²) in [6, 6.07) is 5.84. The van der Waals surface area contributed by atoms with Gasteiger partial charge in [0.1, 0.15) is 0 Å². The SMILES string of the molecule is O=C(CC1CCOCC1)NCCc1ccccn1. The summed E-state index contributed by atoms with van der Waals surface area (Å²) in [5.74, 6) is 0.645. The molecule has 0 unspecified atom stereocenters. The van der Waals surface area contributed by atoms with Crippen LogP contribution in [0.4, 0.5) is 0 Å². The second-order valence-corrected chi connectivity index (χ2v) is 4.68. The van der Waals surface area contributed by atoms with Crippen LogP contribution >= 0.6 is 0 Å². The number of carbonyl (C=O) groups excluding carboxylic acids is 1. The zero-order valence-corrected chi connectivity index (χ0v) is 10.6. The average Bonchev–Trinajstić information content (AvgIpc) is 2.41. The van der Waals surface area contributed by atoms with E-state index in [0.29, 0.717) is 18.9 Å². The second kappa shape index (κ2) is 7.11. The number of nitrogens with one attached hydrogen (secondary N) is 1. The zero-order chi connectivity index (χ0) is 12.6. The molecule has 18 heavy (non-hydrogen) atoms. The van der Waals surface area contributed by atoms with E-state index in [1.165, 1.54) is 0 Å². The van der Waals surface area contributed by atoms with Gasteiger partial charge in [-0.15, -0.1) is 0 Å². The third-order valence-corrected chi connectivity index (χ3v) is 3.24. The van der Waals surface area contributed by atoms with Gasteiger partial charge in [0.05, 0.1) is 0 Å². The minimum Gasteiger partial charge on any atom is -0.381 e. The first-order chi connectivity index (χ1) is 8.84. The molecule has 1 aliphatic heterocycles. The van der Waals surface area contributed by atoms with Crippen LogP contribution in [0.5, 0.6) is 0 Å². The van der Waals surface area contributed by atoms with Crippen molar-refractivity contribution in [3.8, 4) is 0 Å². The summed E-state index contributed by atoms with van der Waals surface area (Å²) >= 11 is 0. The van der Waals surface area contributed by atoms with Gasteiger partial charge in [0.15, 0.2) is 0 Å². The van der Waals surface area contributed by atoms with Crippen molar-refractivity contribution >= 4 is 5.91 Å². The highest BCUT2D eigenvalue weighted by molar-refractivity contribution is 5.76. The summed E-state index contributed by atoms with van der Waals surface area (Å²) in [7, 11) is 0. The molecule has 0 saturated carbocycles. The summed E-state index contributed by atoms with van der Waals surface area (Å²) in [5.41, 5.74) is 1.02. The van der Waals surface area contributed by atoms with E-state index in [0.717, 1.165) is 38.2 Å². The molecule has 0 aromatic carbocycles. The van der Waals surface area contributed by atoms with Crippen molar-refractivity contribution < 1.29 is 9.53 Å².